The van der Waals surface area contributed by atoms with Gasteiger partial charge in [0.15, 0.2) is 18.1 Å². The standard InChI is InChI=1S/C20H24N2O4/c1-5-14-9-11-15(12-10-14)21-18(23)13-26-19-16(20(24)22(2)3)7-6-8-17(19)25-4/h6-12H,5,13H2,1-4H3,(H,21,23). The number of nitrogens with one attached hydrogen (secondary N) is 1. The van der Waals surface area contributed by atoms with Crippen molar-refractivity contribution < 1.29 is 19.1 Å². The lowest BCUT2D eigenvalue weighted by molar-refractivity contribution is -0.118. The number of methoxy groups -OCH3 is 1. The van der Waals surface area contributed by atoms with E-state index in [9.17, 15) is 9.59 Å². The topological polar surface area (TPSA) is 67.9 Å². The number of para-hydroxylation sites is 1. The van der Waals surface area contributed by atoms with Gasteiger partial charge in [-0.1, -0.05) is 25.1 Å². The van der Waals surface area contributed by atoms with Gasteiger partial charge in [0.1, 0.15) is 0 Å². The minimum atomic E-state index is -0.316. The summed E-state index contributed by atoms with van der Waals surface area (Å²) in [6.07, 6.45) is 0.938. The lowest BCUT2D eigenvalue weighted by Gasteiger charge is -2.17. The maximum Gasteiger partial charge on any atom is 0.262 e. The third-order valence-corrected chi connectivity index (χ3v) is 3.83. The first-order valence-corrected chi connectivity index (χ1v) is 8.36. The number of anilines is 1. The average Bonchev–Trinajstić information content (AvgIpc) is 2.65. The van der Waals surface area contributed by atoms with Crippen molar-refractivity contribution in [2.24, 2.45) is 0 Å². The maximum atomic E-state index is 12.3. The van der Waals surface area contributed by atoms with Crippen LogP contribution in [0, 0.1) is 0 Å². The third kappa shape index (κ3) is 4.75. The highest BCUT2D eigenvalue weighted by Gasteiger charge is 2.19. The summed E-state index contributed by atoms with van der Waals surface area (Å²) in [5.74, 6) is 0.112. The Labute approximate surface area is 153 Å². The van der Waals surface area contributed by atoms with Crippen molar-refractivity contribution in [1.29, 1.82) is 0 Å². The molecule has 0 aliphatic carbocycles. The third-order valence-electron chi connectivity index (χ3n) is 3.83. The molecule has 0 aliphatic rings. The van der Waals surface area contributed by atoms with Crippen molar-refractivity contribution in [2.45, 2.75) is 13.3 Å². The highest BCUT2D eigenvalue weighted by atomic mass is 16.5. The Kier molecular flexibility index (Phi) is 6.60. The van der Waals surface area contributed by atoms with Gasteiger partial charge in [0.2, 0.25) is 0 Å². The summed E-state index contributed by atoms with van der Waals surface area (Å²) in [7, 11) is 4.79. The van der Waals surface area contributed by atoms with Crippen molar-refractivity contribution in [2.75, 3.05) is 33.1 Å². The van der Waals surface area contributed by atoms with Crippen molar-refractivity contribution in [3.05, 3.63) is 53.6 Å². The molecule has 2 rings (SSSR count). The van der Waals surface area contributed by atoms with Gasteiger partial charge in [0.25, 0.3) is 11.8 Å². The van der Waals surface area contributed by atoms with Crippen LogP contribution in [0.5, 0.6) is 11.5 Å². The van der Waals surface area contributed by atoms with Crippen LogP contribution in [0.3, 0.4) is 0 Å². The van der Waals surface area contributed by atoms with Crippen molar-refractivity contribution >= 4 is 17.5 Å². The number of benzene rings is 2. The second-order valence-corrected chi connectivity index (χ2v) is 5.92. The summed E-state index contributed by atoms with van der Waals surface area (Å²) in [6, 6.07) is 12.7. The van der Waals surface area contributed by atoms with E-state index < -0.39 is 0 Å². The molecule has 2 amide bonds. The summed E-state index contributed by atoms with van der Waals surface area (Å²) in [5.41, 5.74) is 2.23. The highest BCUT2D eigenvalue weighted by molar-refractivity contribution is 5.98. The second-order valence-electron chi connectivity index (χ2n) is 5.92. The van der Waals surface area contributed by atoms with Crippen molar-refractivity contribution in [3.63, 3.8) is 0 Å². The molecule has 6 heteroatoms. The number of hydrogen-bond acceptors (Lipinski definition) is 4. The molecule has 0 aliphatic heterocycles. The number of carbonyl (C=O) groups excluding carboxylic acids is 2. The summed E-state index contributed by atoms with van der Waals surface area (Å²) >= 11 is 0. The van der Waals surface area contributed by atoms with Crippen LogP contribution in [0.15, 0.2) is 42.5 Å². The molecule has 26 heavy (non-hydrogen) atoms. The van der Waals surface area contributed by atoms with Crippen LogP contribution in [0.4, 0.5) is 5.69 Å². The van der Waals surface area contributed by atoms with Gasteiger partial charge in [-0.25, -0.2) is 0 Å². The van der Waals surface area contributed by atoms with Crippen LogP contribution in [-0.2, 0) is 11.2 Å². The summed E-state index contributed by atoms with van der Waals surface area (Å²) in [4.78, 5) is 25.9. The molecule has 2 aromatic carbocycles. The predicted octanol–water partition coefficient (Wildman–Crippen LogP) is 2.98. The van der Waals surface area contributed by atoms with Gasteiger partial charge in [-0.05, 0) is 36.2 Å². The average molecular weight is 356 g/mol. The summed E-state index contributed by atoms with van der Waals surface area (Å²) in [5, 5.41) is 2.77. The smallest absolute Gasteiger partial charge is 0.262 e. The zero-order valence-corrected chi connectivity index (χ0v) is 15.5. The Balaban J connectivity index is 2.09. The first-order chi connectivity index (χ1) is 12.5. The number of rotatable bonds is 7. The van der Waals surface area contributed by atoms with E-state index in [2.05, 4.69) is 12.2 Å². The Morgan fingerprint density at radius 3 is 2.35 bits per heavy atom. The fourth-order valence-electron chi connectivity index (χ4n) is 2.39. The lowest BCUT2D eigenvalue weighted by Crippen LogP contribution is -2.24. The van der Waals surface area contributed by atoms with E-state index >= 15 is 0 Å². The second kappa shape index (κ2) is 8.89. The van der Waals surface area contributed by atoms with Gasteiger partial charge >= 0.3 is 0 Å². The molecule has 0 unspecified atom stereocenters. The molecule has 2 aromatic rings. The number of amides is 2. The number of aryl methyl sites for hydroxylation is 1. The maximum absolute atomic E-state index is 12.3. The highest BCUT2D eigenvalue weighted by Crippen LogP contribution is 2.31. The van der Waals surface area contributed by atoms with Crippen LogP contribution < -0.4 is 14.8 Å². The van der Waals surface area contributed by atoms with E-state index in [1.807, 2.05) is 24.3 Å². The molecule has 0 atom stereocenters. The molecule has 0 saturated heterocycles. The lowest BCUT2D eigenvalue weighted by atomic mass is 10.1. The molecule has 138 valence electrons. The Hall–Kier alpha value is -3.02. The molecule has 0 bridgehead atoms. The Bertz CT molecular complexity index is 770. The molecule has 0 aromatic heterocycles. The van der Waals surface area contributed by atoms with E-state index in [1.54, 1.807) is 32.3 Å². The molecule has 1 N–H and O–H groups in total. The van der Waals surface area contributed by atoms with E-state index in [0.29, 0.717) is 17.0 Å². The molecule has 0 saturated carbocycles. The largest absolute Gasteiger partial charge is 0.493 e. The minimum Gasteiger partial charge on any atom is -0.493 e. The fraction of sp³-hybridized carbons (Fsp3) is 0.300. The monoisotopic (exact) mass is 356 g/mol. The van der Waals surface area contributed by atoms with Gasteiger partial charge < -0.3 is 19.7 Å². The molecule has 6 nitrogen and oxygen atoms in total. The number of carbonyl (C=O) groups is 2. The van der Waals surface area contributed by atoms with E-state index in [4.69, 9.17) is 9.47 Å². The van der Waals surface area contributed by atoms with Gasteiger partial charge in [0, 0.05) is 19.8 Å². The molecule has 0 radical (unpaired) electrons. The number of nitrogens with zero attached hydrogens (tertiary/aromatic N) is 1. The van der Waals surface area contributed by atoms with E-state index in [0.717, 1.165) is 6.42 Å². The molecular weight excluding hydrogens is 332 g/mol. The summed E-state index contributed by atoms with van der Waals surface area (Å²) in [6.45, 7) is 1.84. The van der Waals surface area contributed by atoms with Crippen LogP contribution in [0.2, 0.25) is 0 Å². The van der Waals surface area contributed by atoms with Crippen LogP contribution in [0.25, 0.3) is 0 Å². The van der Waals surface area contributed by atoms with Crippen LogP contribution in [0.1, 0.15) is 22.8 Å². The van der Waals surface area contributed by atoms with Crippen molar-refractivity contribution in [3.8, 4) is 11.5 Å². The van der Waals surface area contributed by atoms with Gasteiger partial charge in [-0.15, -0.1) is 0 Å². The molecule has 0 fully saturated rings. The normalized spacial score (nSPS) is 10.2. The zero-order valence-electron chi connectivity index (χ0n) is 15.5. The first kappa shape index (κ1) is 19.3. The fourth-order valence-corrected chi connectivity index (χ4v) is 2.39. The number of hydrogen-bond donors (Lipinski definition) is 1. The minimum absolute atomic E-state index is 0.227. The Morgan fingerprint density at radius 1 is 1.08 bits per heavy atom. The zero-order chi connectivity index (χ0) is 19.1. The number of ether oxygens (including phenoxy) is 2. The van der Waals surface area contributed by atoms with Crippen LogP contribution >= 0.6 is 0 Å². The first-order valence-electron chi connectivity index (χ1n) is 8.36. The van der Waals surface area contributed by atoms with Gasteiger partial charge in [0.05, 0.1) is 12.7 Å². The summed E-state index contributed by atoms with van der Waals surface area (Å²) < 4.78 is 10.9. The predicted molar refractivity (Wildman–Crippen MR) is 101 cm³/mol. The SMILES string of the molecule is CCc1ccc(NC(=O)COc2c(OC)cccc2C(=O)N(C)C)cc1. The molecule has 0 spiro atoms. The van der Waals surface area contributed by atoms with Crippen molar-refractivity contribution in [1.82, 2.24) is 4.90 Å². The Morgan fingerprint density at radius 2 is 1.77 bits per heavy atom. The molecule has 0 heterocycles. The van der Waals surface area contributed by atoms with E-state index in [-0.39, 0.29) is 24.2 Å². The van der Waals surface area contributed by atoms with Crippen LogP contribution in [-0.4, -0.2) is 44.5 Å². The van der Waals surface area contributed by atoms with Gasteiger partial charge in [-0.3, -0.25) is 9.59 Å². The van der Waals surface area contributed by atoms with Gasteiger partial charge in [-0.2, -0.15) is 0 Å². The quantitative estimate of drug-likeness (QED) is 0.828. The van der Waals surface area contributed by atoms with E-state index in [1.165, 1.54) is 17.6 Å². The molecular formula is C20H24N2O4.